The van der Waals surface area contributed by atoms with E-state index < -0.39 is 5.82 Å². The minimum absolute atomic E-state index is 0.0547. The van der Waals surface area contributed by atoms with Crippen LogP contribution in [0.2, 0.25) is 5.02 Å². The van der Waals surface area contributed by atoms with Crippen molar-refractivity contribution in [1.82, 2.24) is 19.5 Å². The minimum Gasteiger partial charge on any atom is -0.493 e. The molecule has 2 aromatic heterocycles. The Kier molecular flexibility index (Phi) is 5.66. The van der Waals surface area contributed by atoms with Crippen LogP contribution in [0, 0.1) is 19.7 Å². The summed E-state index contributed by atoms with van der Waals surface area (Å²) < 4.78 is 21.1. The van der Waals surface area contributed by atoms with E-state index in [2.05, 4.69) is 10.1 Å². The fraction of sp³-hybridized carbons (Fsp3) is 0.364. The summed E-state index contributed by atoms with van der Waals surface area (Å²) in [6.45, 7) is 6.09. The number of carbonyl (C=O) groups excluding carboxylic acids is 2. The van der Waals surface area contributed by atoms with Crippen LogP contribution in [0.25, 0.3) is 5.65 Å². The van der Waals surface area contributed by atoms with Crippen molar-refractivity contribution in [2.45, 2.75) is 46.7 Å². The van der Waals surface area contributed by atoms with Crippen LogP contribution in [0.15, 0.2) is 18.2 Å². The third kappa shape index (κ3) is 3.99. The van der Waals surface area contributed by atoms with Gasteiger partial charge in [0, 0.05) is 18.1 Å². The Labute approximate surface area is 183 Å². The molecule has 0 saturated heterocycles. The summed E-state index contributed by atoms with van der Waals surface area (Å²) in [4.78, 5) is 30.5. The summed E-state index contributed by atoms with van der Waals surface area (Å²) in [5, 5.41) is 5.16. The molecule has 1 aliphatic rings. The molecule has 0 aliphatic carbocycles. The van der Waals surface area contributed by atoms with E-state index in [1.807, 2.05) is 13.8 Å². The molecule has 4 rings (SSSR count). The molecule has 1 aliphatic heterocycles. The predicted molar refractivity (Wildman–Crippen MR) is 113 cm³/mol. The predicted octanol–water partition coefficient (Wildman–Crippen LogP) is 4.04. The lowest BCUT2D eigenvalue weighted by Gasteiger charge is -2.18. The lowest BCUT2D eigenvalue weighted by molar-refractivity contribution is -0.117. The van der Waals surface area contributed by atoms with Gasteiger partial charge in [-0.3, -0.25) is 4.79 Å². The average Bonchev–Trinajstić information content (AvgIpc) is 3.28. The Morgan fingerprint density at radius 3 is 2.77 bits per heavy atom. The molecule has 0 radical (unpaired) electrons. The fourth-order valence-electron chi connectivity index (χ4n) is 3.72. The molecule has 0 unspecified atom stereocenters. The normalized spacial score (nSPS) is 13.0. The summed E-state index contributed by atoms with van der Waals surface area (Å²) in [6.07, 6.45) is 0.870. The smallest absolute Gasteiger partial charge is 0.258 e. The lowest BCUT2D eigenvalue weighted by Crippen LogP contribution is -2.26. The van der Waals surface area contributed by atoms with Gasteiger partial charge in [-0.2, -0.15) is 5.10 Å². The van der Waals surface area contributed by atoms with Crippen LogP contribution in [-0.2, 0) is 17.9 Å². The molecule has 0 N–H and O–H groups in total. The largest absolute Gasteiger partial charge is 0.493 e. The van der Waals surface area contributed by atoms with Gasteiger partial charge < -0.3 is 14.4 Å². The number of amides is 1. The molecule has 9 heteroatoms. The van der Waals surface area contributed by atoms with Gasteiger partial charge in [0.1, 0.15) is 17.3 Å². The number of halogens is 2. The average molecular weight is 445 g/mol. The van der Waals surface area contributed by atoms with Gasteiger partial charge in [-0.1, -0.05) is 11.6 Å². The van der Waals surface area contributed by atoms with E-state index in [-0.39, 0.29) is 29.6 Å². The number of hydrogen-bond donors (Lipinski definition) is 0. The SMILES string of the molecule is CC(=O)CCCOc1cc(F)ccc1C(=O)N1Cc2nn3c(C)c(Cl)c(C)nc3c2C1. The van der Waals surface area contributed by atoms with Crippen LogP contribution in [0.4, 0.5) is 4.39 Å². The van der Waals surface area contributed by atoms with Crippen molar-refractivity contribution in [1.29, 1.82) is 0 Å². The van der Waals surface area contributed by atoms with Gasteiger partial charge in [0.2, 0.25) is 0 Å². The molecule has 0 fully saturated rings. The Balaban J connectivity index is 1.57. The van der Waals surface area contributed by atoms with Crippen molar-refractivity contribution in [3.05, 3.63) is 57.2 Å². The van der Waals surface area contributed by atoms with Gasteiger partial charge in [-0.25, -0.2) is 13.9 Å². The van der Waals surface area contributed by atoms with E-state index in [9.17, 15) is 14.0 Å². The number of fused-ring (bicyclic) bond motifs is 3. The molecule has 0 atom stereocenters. The van der Waals surface area contributed by atoms with Crippen molar-refractivity contribution in [2.24, 2.45) is 0 Å². The molecule has 0 spiro atoms. The number of Topliss-reactive ketones (excluding diaryl/α,β-unsaturated/α-hetero) is 1. The van der Waals surface area contributed by atoms with Crippen LogP contribution >= 0.6 is 11.6 Å². The number of aryl methyl sites for hydroxylation is 2. The molecular weight excluding hydrogens is 423 g/mol. The molecule has 3 aromatic rings. The second kappa shape index (κ2) is 8.26. The van der Waals surface area contributed by atoms with E-state index in [1.54, 1.807) is 9.42 Å². The monoisotopic (exact) mass is 444 g/mol. The van der Waals surface area contributed by atoms with Crippen LogP contribution in [0.3, 0.4) is 0 Å². The number of hydrogen-bond acceptors (Lipinski definition) is 5. The molecule has 1 amide bonds. The Morgan fingerprint density at radius 1 is 1.26 bits per heavy atom. The Bertz CT molecular complexity index is 1210. The summed E-state index contributed by atoms with van der Waals surface area (Å²) in [7, 11) is 0. The first kappa shape index (κ1) is 21.2. The second-order valence-corrected chi connectivity index (χ2v) is 8.09. The number of benzene rings is 1. The molecular formula is C22H22ClFN4O3. The van der Waals surface area contributed by atoms with E-state index in [0.717, 1.165) is 17.0 Å². The van der Waals surface area contributed by atoms with Gasteiger partial charge >= 0.3 is 0 Å². The number of aromatic nitrogens is 3. The quantitative estimate of drug-likeness (QED) is 0.536. The Morgan fingerprint density at radius 2 is 2.03 bits per heavy atom. The van der Waals surface area contributed by atoms with Gasteiger partial charge in [-0.05, 0) is 39.3 Å². The van der Waals surface area contributed by atoms with E-state index in [0.29, 0.717) is 42.3 Å². The molecule has 3 heterocycles. The maximum Gasteiger partial charge on any atom is 0.258 e. The minimum atomic E-state index is -0.493. The van der Waals surface area contributed by atoms with Crippen molar-refractivity contribution < 1.29 is 18.7 Å². The first-order valence-electron chi connectivity index (χ1n) is 10.0. The third-order valence-electron chi connectivity index (χ3n) is 5.35. The van der Waals surface area contributed by atoms with Crippen LogP contribution < -0.4 is 4.74 Å². The zero-order valence-electron chi connectivity index (χ0n) is 17.5. The van der Waals surface area contributed by atoms with Crippen LogP contribution in [0.5, 0.6) is 5.75 Å². The third-order valence-corrected chi connectivity index (χ3v) is 5.89. The first-order chi connectivity index (χ1) is 14.8. The zero-order chi connectivity index (χ0) is 22.3. The van der Waals surface area contributed by atoms with Gasteiger partial charge in [0.25, 0.3) is 5.91 Å². The van der Waals surface area contributed by atoms with Crippen molar-refractivity contribution in [3.63, 3.8) is 0 Å². The lowest BCUT2D eigenvalue weighted by atomic mass is 10.1. The van der Waals surface area contributed by atoms with Crippen molar-refractivity contribution in [2.75, 3.05) is 6.61 Å². The van der Waals surface area contributed by atoms with E-state index in [4.69, 9.17) is 16.3 Å². The number of carbonyl (C=O) groups is 2. The summed E-state index contributed by atoms with van der Waals surface area (Å²) >= 11 is 6.29. The van der Waals surface area contributed by atoms with Gasteiger partial charge in [0.05, 0.1) is 47.4 Å². The second-order valence-electron chi connectivity index (χ2n) is 7.71. The molecule has 1 aromatic carbocycles. The van der Waals surface area contributed by atoms with Gasteiger partial charge in [-0.15, -0.1) is 0 Å². The first-order valence-corrected chi connectivity index (χ1v) is 10.4. The number of rotatable bonds is 6. The van der Waals surface area contributed by atoms with Crippen molar-refractivity contribution in [3.8, 4) is 5.75 Å². The highest BCUT2D eigenvalue weighted by Crippen LogP contribution is 2.31. The summed E-state index contributed by atoms with van der Waals surface area (Å²) in [5.74, 6) is -0.546. The highest BCUT2D eigenvalue weighted by atomic mass is 35.5. The standard InChI is InChI=1S/C22H22ClFN4O3/c1-12(29)5-4-8-31-19-9-15(24)6-7-16(19)22(30)27-10-17-18(11-27)26-28-14(3)20(23)13(2)25-21(17)28/h6-7,9H,4-5,8,10-11H2,1-3H3. The molecule has 31 heavy (non-hydrogen) atoms. The van der Waals surface area contributed by atoms with Crippen LogP contribution in [0.1, 0.15) is 52.8 Å². The topological polar surface area (TPSA) is 76.8 Å². The highest BCUT2D eigenvalue weighted by Gasteiger charge is 2.31. The number of ketones is 1. The molecule has 162 valence electrons. The number of nitrogens with zero attached hydrogens (tertiary/aromatic N) is 4. The molecule has 0 bridgehead atoms. The van der Waals surface area contributed by atoms with Gasteiger partial charge in [0.15, 0.2) is 5.65 Å². The summed E-state index contributed by atoms with van der Waals surface area (Å²) in [6, 6.07) is 3.86. The van der Waals surface area contributed by atoms with E-state index in [1.165, 1.54) is 25.1 Å². The maximum absolute atomic E-state index is 13.8. The maximum atomic E-state index is 13.8. The van der Waals surface area contributed by atoms with E-state index >= 15 is 0 Å². The highest BCUT2D eigenvalue weighted by molar-refractivity contribution is 6.31. The fourth-order valence-corrected chi connectivity index (χ4v) is 3.85. The van der Waals surface area contributed by atoms with Crippen molar-refractivity contribution >= 4 is 28.9 Å². The number of ether oxygens (including phenoxy) is 1. The molecule has 0 saturated carbocycles. The summed E-state index contributed by atoms with van der Waals surface area (Å²) in [5.41, 5.74) is 4.10. The zero-order valence-corrected chi connectivity index (χ0v) is 18.3. The Hall–Kier alpha value is -3.00. The van der Waals surface area contributed by atoms with Crippen LogP contribution in [-0.4, -0.2) is 37.8 Å². The molecule has 7 nitrogen and oxygen atoms in total.